The van der Waals surface area contributed by atoms with Crippen LogP contribution in [0, 0.1) is 6.92 Å². The Morgan fingerprint density at radius 1 is 1.35 bits per heavy atom. The van der Waals surface area contributed by atoms with Gasteiger partial charge in [0.1, 0.15) is 11.3 Å². The van der Waals surface area contributed by atoms with Crippen LogP contribution in [0.25, 0.3) is 11.1 Å². The number of ether oxygens (including phenoxy) is 1. The number of phenols is 1. The van der Waals surface area contributed by atoms with Crippen LogP contribution < -0.4 is 5.73 Å². The Balaban J connectivity index is 2.85. The zero-order valence-corrected chi connectivity index (χ0v) is 11.9. The monoisotopic (exact) mass is 291 g/mol. The molecule has 5 heteroatoms. The molecule has 0 aliphatic heterocycles. The third-order valence-electron chi connectivity index (χ3n) is 3.05. The van der Waals surface area contributed by atoms with Crippen molar-refractivity contribution < 1.29 is 14.6 Å². The lowest BCUT2D eigenvalue weighted by molar-refractivity contribution is 0.0598. The molecule has 0 radical (unpaired) electrons. The number of nitrogen functional groups attached to an aromatic ring is 1. The summed E-state index contributed by atoms with van der Waals surface area (Å²) in [6.45, 7) is 1.66. The molecule has 0 fully saturated rings. The molecule has 2 aromatic carbocycles. The molecular weight excluding hydrogens is 278 g/mol. The molecular formula is C15H14ClNO3. The summed E-state index contributed by atoms with van der Waals surface area (Å²) in [4.78, 5) is 12.0. The Bertz CT molecular complexity index is 683. The smallest absolute Gasteiger partial charge is 0.342 e. The highest BCUT2D eigenvalue weighted by Crippen LogP contribution is 2.40. The van der Waals surface area contributed by atoms with Gasteiger partial charge in [0, 0.05) is 21.8 Å². The minimum absolute atomic E-state index is 0.0260. The van der Waals surface area contributed by atoms with Crippen LogP contribution in [0.3, 0.4) is 0 Å². The topological polar surface area (TPSA) is 72.5 Å². The van der Waals surface area contributed by atoms with E-state index in [1.165, 1.54) is 7.11 Å². The second-order valence-corrected chi connectivity index (χ2v) is 4.76. The first-order valence-electron chi connectivity index (χ1n) is 5.92. The van der Waals surface area contributed by atoms with E-state index >= 15 is 0 Å². The average Bonchev–Trinajstić information content (AvgIpc) is 2.43. The second kappa shape index (κ2) is 5.43. The molecule has 2 rings (SSSR count). The fourth-order valence-corrected chi connectivity index (χ4v) is 2.32. The third kappa shape index (κ3) is 2.30. The zero-order chi connectivity index (χ0) is 14.9. The number of phenolic OH excluding ortho intramolecular Hbond substituents is 1. The van der Waals surface area contributed by atoms with E-state index in [0.717, 1.165) is 0 Å². The van der Waals surface area contributed by atoms with Gasteiger partial charge in [0.25, 0.3) is 0 Å². The van der Waals surface area contributed by atoms with E-state index in [-0.39, 0.29) is 11.3 Å². The fourth-order valence-electron chi connectivity index (χ4n) is 2.09. The van der Waals surface area contributed by atoms with E-state index in [0.29, 0.717) is 27.4 Å². The van der Waals surface area contributed by atoms with Gasteiger partial charge in [-0.1, -0.05) is 29.8 Å². The van der Waals surface area contributed by atoms with Gasteiger partial charge in [0.15, 0.2) is 0 Å². The van der Waals surface area contributed by atoms with Gasteiger partial charge in [-0.3, -0.25) is 0 Å². The van der Waals surface area contributed by atoms with Gasteiger partial charge in [-0.15, -0.1) is 0 Å². The van der Waals surface area contributed by atoms with Gasteiger partial charge in [0.05, 0.1) is 7.11 Å². The van der Waals surface area contributed by atoms with Crippen LogP contribution >= 0.6 is 11.6 Å². The number of aromatic hydroxyl groups is 1. The lowest BCUT2D eigenvalue weighted by Gasteiger charge is -2.15. The highest BCUT2D eigenvalue weighted by molar-refractivity contribution is 6.33. The number of halogens is 1. The van der Waals surface area contributed by atoms with Gasteiger partial charge >= 0.3 is 5.97 Å². The highest BCUT2D eigenvalue weighted by atomic mass is 35.5. The summed E-state index contributed by atoms with van der Waals surface area (Å²) in [5.74, 6) is -0.811. The van der Waals surface area contributed by atoms with Gasteiger partial charge in [0.2, 0.25) is 0 Å². The number of benzene rings is 2. The van der Waals surface area contributed by atoms with Crippen LogP contribution in [-0.2, 0) is 4.74 Å². The highest BCUT2D eigenvalue weighted by Gasteiger charge is 2.23. The number of hydrogen-bond acceptors (Lipinski definition) is 4. The fraction of sp³-hybridized carbons (Fsp3) is 0.133. The Labute approximate surface area is 121 Å². The van der Waals surface area contributed by atoms with Crippen molar-refractivity contribution in [2.45, 2.75) is 6.92 Å². The van der Waals surface area contributed by atoms with Crippen LogP contribution in [0.2, 0.25) is 5.02 Å². The predicted octanol–water partition coefficient (Wildman–Crippen LogP) is 3.39. The Morgan fingerprint density at radius 3 is 2.60 bits per heavy atom. The number of methoxy groups -OCH3 is 1. The number of carbonyl (C=O) groups excluding carboxylic acids is 1. The molecule has 0 saturated carbocycles. The summed E-state index contributed by atoms with van der Waals surface area (Å²) in [6.07, 6.45) is 0. The van der Waals surface area contributed by atoms with Crippen molar-refractivity contribution in [3.8, 4) is 16.9 Å². The van der Waals surface area contributed by atoms with Crippen LogP contribution in [-0.4, -0.2) is 18.2 Å². The van der Waals surface area contributed by atoms with Crippen molar-refractivity contribution in [3.05, 3.63) is 46.5 Å². The number of aryl methyl sites for hydroxylation is 1. The number of nitrogens with two attached hydrogens (primary N) is 1. The molecule has 0 amide bonds. The molecule has 0 unspecified atom stereocenters. The third-order valence-corrected chi connectivity index (χ3v) is 3.38. The lowest BCUT2D eigenvalue weighted by atomic mass is 9.94. The van der Waals surface area contributed by atoms with Gasteiger partial charge in [-0.2, -0.15) is 0 Å². The van der Waals surface area contributed by atoms with Crippen molar-refractivity contribution in [1.29, 1.82) is 0 Å². The summed E-state index contributed by atoms with van der Waals surface area (Å²) in [7, 11) is 1.25. The van der Waals surface area contributed by atoms with Gasteiger partial charge < -0.3 is 15.6 Å². The summed E-state index contributed by atoms with van der Waals surface area (Å²) >= 11 is 6.15. The average molecular weight is 292 g/mol. The molecule has 20 heavy (non-hydrogen) atoms. The molecule has 3 N–H and O–H groups in total. The molecule has 0 aliphatic carbocycles. The summed E-state index contributed by atoms with van der Waals surface area (Å²) in [6, 6.07) is 8.57. The second-order valence-electron chi connectivity index (χ2n) is 4.35. The van der Waals surface area contributed by atoms with E-state index in [1.807, 2.05) is 0 Å². The largest absolute Gasteiger partial charge is 0.507 e. The van der Waals surface area contributed by atoms with E-state index in [1.54, 1.807) is 37.3 Å². The first-order valence-corrected chi connectivity index (χ1v) is 6.30. The van der Waals surface area contributed by atoms with Crippen molar-refractivity contribution >= 4 is 23.3 Å². The molecule has 0 bridgehead atoms. The van der Waals surface area contributed by atoms with Gasteiger partial charge in [-0.25, -0.2) is 4.79 Å². The van der Waals surface area contributed by atoms with E-state index in [2.05, 4.69) is 0 Å². The molecule has 0 spiro atoms. The molecule has 104 valence electrons. The normalized spacial score (nSPS) is 10.3. The molecule has 0 aromatic heterocycles. The summed E-state index contributed by atoms with van der Waals surface area (Å²) < 4.78 is 4.73. The van der Waals surface area contributed by atoms with E-state index in [4.69, 9.17) is 22.1 Å². The number of rotatable bonds is 2. The molecule has 2 aromatic rings. The molecule has 0 saturated heterocycles. The summed E-state index contributed by atoms with van der Waals surface area (Å²) in [5.41, 5.74) is 7.84. The van der Waals surface area contributed by atoms with Crippen LogP contribution in [0.5, 0.6) is 5.75 Å². The first kappa shape index (κ1) is 14.2. The first-order chi connectivity index (χ1) is 9.47. The van der Waals surface area contributed by atoms with Gasteiger partial charge in [-0.05, 0) is 24.6 Å². The molecule has 0 atom stereocenters. The maximum atomic E-state index is 12.0. The Morgan fingerprint density at radius 2 is 2.00 bits per heavy atom. The number of esters is 1. The maximum Gasteiger partial charge on any atom is 0.342 e. The minimum atomic E-state index is -0.659. The lowest BCUT2D eigenvalue weighted by Crippen LogP contribution is -2.07. The quantitative estimate of drug-likeness (QED) is 0.505. The minimum Gasteiger partial charge on any atom is -0.507 e. The Kier molecular flexibility index (Phi) is 3.86. The number of anilines is 1. The van der Waals surface area contributed by atoms with Crippen LogP contribution in [0.4, 0.5) is 5.69 Å². The van der Waals surface area contributed by atoms with Crippen molar-refractivity contribution in [2.75, 3.05) is 12.8 Å². The van der Waals surface area contributed by atoms with E-state index < -0.39 is 5.97 Å². The zero-order valence-electron chi connectivity index (χ0n) is 11.1. The molecule has 0 aliphatic rings. The Hall–Kier alpha value is -2.20. The summed E-state index contributed by atoms with van der Waals surface area (Å²) in [5, 5.41) is 10.6. The molecule has 0 heterocycles. The van der Waals surface area contributed by atoms with E-state index in [9.17, 15) is 9.90 Å². The van der Waals surface area contributed by atoms with Crippen molar-refractivity contribution in [3.63, 3.8) is 0 Å². The molecule has 4 nitrogen and oxygen atoms in total. The standard InChI is InChI=1S/C15H14ClNO3/c1-8-7-11(17)12(9-5-3-4-6-10(9)16)13(14(8)18)15(19)20-2/h3-7,18H,17H2,1-2H3. The van der Waals surface area contributed by atoms with Crippen LogP contribution in [0.1, 0.15) is 15.9 Å². The SMILES string of the molecule is COC(=O)c1c(O)c(C)cc(N)c1-c1ccccc1Cl. The predicted molar refractivity (Wildman–Crippen MR) is 79.0 cm³/mol. The van der Waals surface area contributed by atoms with Crippen LogP contribution in [0.15, 0.2) is 30.3 Å². The number of carbonyl (C=O) groups is 1. The van der Waals surface area contributed by atoms with Crippen molar-refractivity contribution in [1.82, 2.24) is 0 Å². The maximum absolute atomic E-state index is 12.0. The number of hydrogen-bond donors (Lipinski definition) is 2. The van der Waals surface area contributed by atoms with Crippen molar-refractivity contribution in [2.24, 2.45) is 0 Å².